The van der Waals surface area contributed by atoms with Crippen LogP contribution in [-0.4, -0.2) is 26.7 Å². The maximum Gasteiger partial charge on any atom is 0.253 e. The van der Waals surface area contributed by atoms with Gasteiger partial charge in [-0.05, 0) is 24.3 Å². The molecule has 0 saturated carbocycles. The van der Waals surface area contributed by atoms with Crippen molar-refractivity contribution in [2.24, 2.45) is 0 Å². The Morgan fingerprint density at radius 3 is 3.00 bits per heavy atom. The molecule has 3 rings (SSSR count). The van der Waals surface area contributed by atoms with Crippen LogP contribution in [-0.2, 0) is 11.3 Å². The molecule has 0 amide bonds. The molecule has 22 heavy (non-hydrogen) atoms. The van der Waals surface area contributed by atoms with Gasteiger partial charge >= 0.3 is 0 Å². The minimum atomic E-state index is -0.456. The molecule has 2 heterocycles. The van der Waals surface area contributed by atoms with E-state index >= 15 is 0 Å². The minimum absolute atomic E-state index is 0.280. The second-order valence-electron chi connectivity index (χ2n) is 4.35. The molecule has 110 valence electrons. The predicted molar refractivity (Wildman–Crippen MR) is 76.7 cm³/mol. The molecule has 2 aromatic heterocycles. The molecule has 0 N–H and O–H groups in total. The largest absolute Gasteiger partial charge is 0.378 e. The Labute approximate surface area is 129 Å². The Morgan fingerprint density at radius 1 is 1.41 bits per heavy atom. The third-order valence-electron chi connectivity index (χ3n) is 2.84. The van der Waals surface area contributed by atoms with E-state index in [9.17, 15) is 4.39 Å². The molecule has 0 aliphatic carbocycles. The number of hydrogen-bond donors (Lipinski definition) is 0. The van der Waals surface area contributed by atoms with Gasteiger partial charge in [-0.15, -0.1) is 0 Å². The number of aromatic nitrogens is 4. The van der Waals surface area contributed by atoms with E-state index in [0.29, 0.717) is 28.0 Å². The average Bonchev–Trinajstić information content (AvgIpc) is 2.98. The van der Waals surface area contributed by atoms with Gasteiger partial charge in [0.2, 0.25) is 0 Å². The predicted octanol–water partition coefficient (Wildman–Crippen LogP) is 2.43. The lowest BCUT2D eigenvalue weighted by molar-refractivity contribution is 0.181. The van der Waals surface area contributed by atoms with Gasteiger partial charge in [0.25, 0.3) is 5.78 Å². The zero-order chi connectivity index (χ0) is 15.5. The number of methoxy groups -OCH3 is 1. The van der Waals surface area contributed by atoms with Crippen LogP contribution in [0, 0.1) is 17.1 Å². The minimum Gasteiger partial charge on any atom is -0.378 e. The first-order valence-corrected chi connectivity index (χ1v) is 7.09. The zero-order valence-corrected chi connectivity index (χ0v) is 12.3. The molecule has 3 aromatic rings. The summed E-state index contributed by atoms with van der Waals surface area (Å²) in [6.45, 7) is 0.326. The SMILES string of the molecule is COCc1cc(Sc2ccc(C#N)cc2F)n2ncnc2n1. The van der Waals surface area contributed by atoms with Crippen LogP contribution >= 0.6 is 11.8 Å². The lowest BCUT2D eigenvalue weighted by atomic mass is 10.2. The summed E-state index contributed by atoms with van der Waals surface area (Å²) in [5, 5.41) is 13.5. The van der Waals surface area contributed by atoms with Gasteiger partial charge in [0.15, 0.2) is 0 Å². The molecule has 0 unspecified atom stereocenters. The fourth-order valence-electron chi connectivity index (χ4n) is 1.89. The highest BCUT2D eigenvalue weighted by molar-refractivity contribution is 7.99. The first kappa shape index (κ1) is 14.4. The van der Waals surface area contributed by atoms with Gasteiger partial charge in [-0.2, -0.15) is 19.9 Å². The average molecular weight is 315 g/mol. The highest BCUT2D eigenvalue weighted by Gasteiger charge is 2.12. The van der Waals surface area contributed by atoms with Crippen LogP contribution in [0.5, 0.6) is 0 Å². The highest BCUT2D eigenvalue weighted by atomic mass is 32.2. The first-order valence-electron chi connectivity index (χ1n) is 6.27. The van der Waals surface area contributed by atoms with Crippen LogP contribution in [0.4, 0.5) is 4.39 Å². The van der Waals surface area contributed by atoms with Crippen molar-refractivity contribution >= 4 is 17.5 Å². The number of nitrogens with zero attached hydrogens (tertiary/aromatic N) is 5. The Kier molecular flexibility index (Phi) is 4.00. The van der Waals surface area contributed by atoms with E-state index in [-0.39, 0.29) is 5.56 Å². The number of ether oxygens (including phenoxy) is 1. The molecule has 0 aliphatic rings. The number of nitriles is 1. The molecule has 1 aromatic carbocycles. The van der Waals surface area contributed by atoms with Crippen molar-refractivity contribution in [1.29, 1.82) is 5.26 Å². The monoisotopic (exact) mass is 315 g/mol. The Morgan fingerprint density at radius 2 is 2.27 bits per heavy atom. The molecule has 0 radical (unpaired) electrons. The number of hydrogen-bond acceptors (Lipinski definition) is 6. The van der Waals surface area contributed by atoms with Crippen LogP contribution in [0.3, 0.4) is 0 Å². The lowest BCUT2D eigenvalue weighted by Gasteiger charge is -2.07. The van der Waals surface area contributed by atoms with Crippen LogP contribution in [0.1, 0.15) is 11.3 Å². The molecule has 0 fully saturated rings. The van der Waals surface area contributed by atoms with Crippen molar-refractivity contribution in [1.82, 2.24) is 19.6 Å². The fraction of sp³-hybridized carbons (Fsp3) is 0.143. The van der Waals surface area contributed by atoms with Crippen molar-refractivity contribution in [3.8, 4) is 6.07 Å². The molecule has 8 heteroatoms. The van der Waals surface area contributed by atoms with Gasteiger partial charge in [-0.25, -0.2) is 9.37 Å². The topological polar surface area (TPSA) is 76.1 Å². The van der Waals surface area contributed by atoms with Crippen molar-refractivity contribution in [3.63, 3.8) is 0 Å². The van der Waals surface area contributed by atoms with Crippen molar-refractivity contribution in [2.75, 3.05) is 7.11 Å². The smallest absolute Gasteiger partial charge is 0.253 e. The van der Waals surface area contributed by atoms with Crippen LogP contribution in [0.25, 0.3) is 5.78 Å². The number of halogens is 1. The van der Waals surface area contributed by atoms with Crippen molar-refractivity contribution in [2.45, 2.75) is 16.5 Å². The van der Waals surface area contributed by atoms with E-state index in [0.717, 1.165) is 0 Å². The molecule has 6 nitrogen and oxygen atoms in total. The van der Waals surface area contributed by atoms with Gasteiger partial charge in [0, 0.05) is 12.0 Å². The zero-order valence-electron chi connectivity index (χ0n) is 11.5. The van der Waals surface area contributed by atoms with E-state index in [1.165, 1.54) is 28.7 Å². The number of fused-ring (bicyclic) bond motifs is 1. The Hall–Kier alpha value is -2.50. The molecule has 0 bridgehead atoms. The molecule has 0 saturated heterocycles. The van der Waals surface area contributed by atoms with E-state index in [2.05, 4.69) is 15.1 Å². The first-order chi connectivity index (χ1) is 10.7. The third kappa shape index (κ3) is 2.77. The standard InChI is InChI=1S/C14H10FN5OS/c1-21-7-10-5-13(20-14(19-10)17-8-18-20)22-12-3-2-9(6-16)4-11(12)15/h2-5,8H,7H2,1H3. The summed E-state index contributed by atoms with van der Waals surface area (Å²) in [4.78, 5) is 8.73. The lowest BCUT2D eigenvalue weighted by Crippen LogP contribution is -2.01. The maximum atomic E-state index is 14.0. The molecular weight excluding hydrogens is 305 g/mol. The van der Waals surface area contributed by atoms with Gasteiger partial charge in [-0.3, -0.25) is 0 Å². The highest BCUT2D eigenvalue weighted by Crippen LogP contribution is 2.30. The number of benzene rings is 1. The van der Waals surface area contributed by atoms with Crippen LogP contribution in [0.2, 0.25) is 0 Å². The second-order valence-corrected chi connectivity index (χ2v) is 5.41. The van der Waals surface area contributed by atoms with E-state index < -0.39 is 5.82 Å². The molecular formula is C14H10FN5OS. The van der Waals surface area contributed by atoms with E-state index in [1.54, 1.807) is 25.3 Å². The number of rotatable bonds is 4. The second kappa shape index (κ2) is 6.09. The van der Waals surface area contributed by atoms with Gasteiger partial charge in [0.05, 0.1) is 23.9 Å². The van der Waals surface area contributed by atoms with Gasteiger partial charge in [-0.1, -0.05) is 11.8 Å². The molecule has 0 spiro atoms. The van der Waals surface area contributed by atoms with E-state index in [4.69, 9.17) is 10.00 Å². The summed E-state index contributed by atoms with van der Waals surface area (Å²) >= 11 is 1.19. The third-order valence-corrected chi connectivity index (χ3v) is 3.89. The van der Waals surface area contributed by atoms with Crippen LogP contribution in [0.15, 0.2) is 40.5 Å². The summed E-state index contributed by atoms with van der Waals surface area (Å²) in [6.07, 6.45) is 1.39. The van der Waals surface area contributed by atoms with Crippen molar-refractivity contribution in [3.05, 3.63) is 47.7 Å². The van der Waals surface area contributed by atoms with Crippen molar-refractivity contribution < 1.29 is 9.13 Å². The Balaban J connectivity index is 2.03. The van der Waals surface area contributed by atoms with Gasteiger partial charge < -0.3 is 4.74 Å². The fourth-order valence-corrected chi connectivity index (χ4v) is 2.82. The Bertz CT molecular complexity index is 873. The summed E-state index contributed by atoms with van der Waals surface area (Å²) in [5.74, 6) is -0.0338. The molecule has 0 aliphatic heterocycles. The van der Waals surface area contributed by atoms with Gasteiger partial charge in [0.1, 0.15) is 17.2 Å². The normalized spacial score (nSPS) is 10.8. The maximum absolute atomic E-state index is 14.0. The molecule has 0 atom stereocenters. The summed E-state index contributed by atoms with van der Waals surface area (Å²) < 4.78 is 20.6. The summed E-state index contributed by atoms with van der Waals surface area (Å²) in [5.41, 5.74) is 0.960. The quantitative estimate of drug-likeness (QED) is 0.688. The van der Waals surface area contributed by atoms with E-state index in [1.807, 2.05) is 6.07 Å². The summed E-state index contributed by atoms with van der Waals surface area (Å²) in [6, 6.07) is 8.02. The van der Waals surface area contributed by atoms with Crippen LogP contribution < -0.4 is 0 Å². The summed E-state index contributed by atoms with van der Waals surface area (Å²) in [7, 11) is 1.57.